The quantitative estimate of drug-likeness (QED) is 0.721. The Hall–Kier alpha value is -1.06. The third kappa shape index (κ3) is 2.13. The summed E-state index contributed by atoms with van der Waals surface area (Å²) in [6.45, 7) is 0.754. The van der Waals surface area contributed by atoms with E-state index in [0.717, 1.165) is 18.5 Å². The second-order valence-electron chi connectivity index (χ2n) is 3.69. The van der Waals surface area contributed by atoms with Crippen molar-refractivity contribution in [1.82, 2.24) is 4.90 Å². The number of likely N-dealkylation sites (N-methyl/N-ethyl adjacent to an activating group) is 1. The number of halogens is 1. The summed E-state index contributed by atoms with van der Waals surface area (Å²) in [5.74, 6) is 0.00921. The molecule has 1 heterocycles. The number of nitrogens with zero attached hydrogens (tertiary/aromatic N) is 1. The molecular formula is C11H15ClN2O. The van der Waals surface area contributed by atoms with Gasteiger partial charge in [0, 0.05) is 13.6 Å². The Balaban J connectivity index is 0.00000112. The van der Waals surface area contributed by atoms with Crippen LogP contribution in [0.25, 0.3) is 0 Å². The Morgan fingerprint density at radius 3 is 2.80 bits per heavy atom. The molecule has 0 radical (unpaired) electrons. The van der Waals surface area contributed by atoms with Crippen LogP contribution in [0.1, 0.15) is 17.2 Å². The van der Waals surface area contributed by atoms with Gasteiger partial charge in [-0.15, -0.1) is 12.4 Å². The predicted molar refractivity (Wildman–Crippen MR) is 62.0 cm³/mol. The van der Waals surface area contributed by atoms with Gasteiger partial charge in [-0.25, -0.2) is 0 Å². The molecule has 15 heavy (non-hydrogen) atoms. The lowest BCUT2D eigenvalue weighted by atomic mass is 10.00. The molecule has 0 aromatic heterocycles. The van der Waals surface area contributed by atoms with Gasteiger partial charge in [0.2, 0.25) is 5.91 Å². The number of fused-ring (bicyclic) bond motifs is 1. The highest BCUT2D eigenvalue weighted by Gasteiger charge is 2.24. The van der Waals surface area contributed by atoms with E-state index in [4.69, 9.17) is 5.73 Å². The van der Waals surface area contributed by atoms with Crippen molar-refractivity contribution in [3.8, 4) is 0 Å². The normalized spacial score (nSPS) is 20.3. The van der Waals surface area contributed by atoms with Crippen molar-refractivity contribution >= 4 is 18.3 Å². The van der Waals surface area contributed by atoms with Crippen LogP contribution in [0.5, 0.6) is 0 Å². The minimum absolute atomic E-state index is 0. The summed E-state index contributed by atoms with van der Waals surface area (Å²) in [5, 5.41) is 0. The number of hydrogen-bond donors (Lipinski definition) is 1. The molecule has 0 saturated carbocycles. The summed E-state index contributed by atoms with van der Waals surface area (Å²) in [6.07, 6.45) is 0.895. The second-order valence-corrected chi connectivity index (χ2v) is 3.69. The van der Waals surface area contributed by atoms with E-state index in [1.807, 2.05) is 24.3 Å². The Bertz CT molecular complexity index is 367. The summed E-state index contributed by atoms with van der Waals surface area (Å²) < 4.78 is 0. The van der Waals surface area contributed by atoms with Crippen molar-refractivity contribution in [2.75, 3.05) is 13.6 Å². The van der Waals surface area contributed by atoms with Gasteiger partial charge in [0.05, 0.1) is 0 Å². The molecule has 1 aliphatic rings. The van der Waals surface area contributed by atoms with Crippen LogP contribution in [0.3, 0.4) is 0 Å². The third-order valence-electron chi connectivity index (χ3n) is 2.75. The number of carbonyl (C=O) groups is 1. The Labute approximate surface area is 95.7 Å². The van der Waals surface area contributed by atoms with Gasteiger partial charge in [-0.1, -0.05) is 24.3 Å². The van der Waals surface area contributed by atoms with Gasteiger partial charge < -0.3 is 10.6 Å². The monoisotopic (exact) mass is 226 g/mol. The average molecular weight is 227 g/mol. The smallest absolute Gasteiger partial charge is 0.243 e. The lowest BCUT2D eigenvalue weighted by molar-refractivity contribution is -0.131. The molecule has 0 aliphatic carbocycles. The van der Waals surface area contributed by atoms with Crippen molar-refractivity contribution in [3.05, 3.63) is 35.4 Å². The maximum Gasteiger partial charge on any atom is 0.243 e. The molecule has 0 fully saturated rings. The van der Waals surface area contributed by atoms with E-state index in [1.54, 1.807) is 11.9 Å². The van der Waals surface area contributed by atoms with Crippen LogP contribution < -0.4 is 5.73 Å². The van der Waals surface area contributed by atoms with E-state index >= 15 is 0 Å². The molecule has 1 unspecified atom stereocenters. The third-order valence-corrected chi connectivity index (χ3v) is 2.75. The van der Waals surface area contributed by atoms with Crippen LogP contribution in [-0.2, 0) is 11.2 Å². The Morgan fingerprint density at radius 2 is 2.07 bits per heavy atom. The zero-order chi connectivity index (χ0) is 10.1. The van der Waals surface area contributed by atoms with Crippen LogP contribution in [0.4, 0.5) is 0 Å². The summed E-state index contributed by atoms with van der Waals surface area (Å²) in [5.41, 5.74) is 8.06. The molecule has 1 aliphatic heterocycles. The first-order chi connectivity index (χ1) is 6.70. The Kier molecular flexibility index (Phi) is 3.72. The zero-order valence-corrected chi connectivity index (χ0v) is 9.46. The van der Waals surface area contributed by atoms with E-state index < -0.39 is 6.04 Å². The van der Waals surface area contributed by atoms with Gasteiger partial charge in [0.25, 0.3) is 0 Å². The van der Waals surface area contributed by atoms with Gasteiger partial charge in [-0.3, -0.25) is 4.79 Å². The van der Waals surface area contributed by atoms with E-state index in [-0.39, 0.29) is 18.3 Å². The molecule has 3 nitrogen and oxygen atoms in total. The molecule has 2 rings (SSSR count). The Morgan fingerprint density at radius 1 is 1.40 bits per heavy atom. The molecule has 0 spiro atoms. The van der Waals surface area contributed by atoms with E-state index in [1.165, 1.54) is 5.56 Å². The summed E-state index contributed by atoms with van der Waals surface area (Å²) in [7, 11) is 1.80. The van der Waals surface area contributed by atoms with Crippen molar-refractivity contribution in [2.45, 2.75) is 12.5 Å². The van der Waals surface area contributed by atoms with Crippen molar-refractivity contribution in [3.63, 3.8) is 0 Å². The largest absolute Gasteiger partial charge is 0.344 e. The first kappa shape index (κ1) is 12.0. The second kappa shape index (κ2) is 4.64. The van der Waals surface area contributed by atoms with E-state index in [0.29, 0.717) is 0 Å². The molecule has 4 heteroatoms. The van der Waals surface area contributed by atoms with Crippen LogP contribution in [0.15, 0.2) is 24.3 Å². The van der Waals surface area contributed by atoms with Crippen LogP contribution in [-0.4, -0.2) is 24.4 Å². The number of hydrogen-bond acceptors (Lipinski definition) is 2. The van der Waals surface area contributed by atoms with Gasteiger partial charge >= 0.3 is 0 Å². The first-order valence-electron chi connectivity index (χ1n) is 4.78. The molecule has 1 atom stereocenters. The zero-order valence-electron chi connectivity index (χ0n) is 8.64. The number of rotatable bonds is 0. The van der Waals surface area contributed by atoms with Crippen LogP contribution in [0.2, 0.25) is 0 Å². The van der Waals surface area contributed by atoms with Crippen LogP contribution >= 0.6 is 12.4 Å². The fourth-order valence-corrected chi connectivity index (χ4v) is 1.83. The number of nitrogens with two attached hydrogens (primary N) is 1. The summed E-state index contributed by atoms with van der Waals surface area (Å²) in [4.78, 5) is 13.4. The number of benzene rings is 1. The highest BCUT2D eigenvalue weighted by molar-refractivity contribution is 5.85. The molecule has 1 amide bonds. The minimum Gasteiger partial charge on any atom is -0.344 e. The van der Waals surface area contributed by atoms with Gasteiger partial charge in [-0.2, -0.15) is 0 Å². The highest BCUT2D eigenvalue weighted by atomic mass is 35.5. The molecular weight excluding hydrogens is 212 g/mol. The summed E-state index contributed by atoms with van der Waals surface area (Å²) in [6, 6.07) is 7.41. The molecule has 0 saturated heterocycles. The number of carbonyl (C=O) groups excluding carboxylic acids is 1. The first-order valence-corrected chi connectivity index (χ1v) is 4.78. The SMILES string of the molecule is CN1CCc2ccccc2C(N)C1=O.Cl. The maximum absolute atomic E-state index is 11.7. The fourth-order valence-electron chi connectivity index (χ4n) is 1.83. The fraction of sp³-hybridized carbons (Fsp3) is 0.364. The highest BCUT2D eigenvalue weighted by Crippen LogP contribution is 2.21. The molecule has 82 valence electrons. The lowest BCUT2D eigenvalue weighted by Crippen LogP contribution is -2.34. The van der Waals surface area contributed by atoms with Gasteiger partial charge in [0.1, 0.15) is 6.04 Å². The van der Waals surface area contributed by atoms with Gasteiger partial charge in [0.15, 0.2) is 0 Å². The predicted octanol–water partition coefficient (Wildman–Crippen LogP) is 1.12. The molecule has 2 N–H and O–H groups in total. The number of amides is 1. The molecule has 0 bridgehead atoms. The van der Waals surface area contributed by atoms with Crippen molar-refractivity contribution in [2.24, 2.45) is 5.73 Å². The summed E-state index contributed by atoms with van der Waals surface area (Å²) >= 11 is 0. The van der Waals surface area contributed by atoms with E-state index in [2.05, 4.69) is 0 Å². The maximum atomic E-state index is 11.7. The standard InChI is InChI=1S/C11H14N2O.ClH/c1-13-7-6-8-4-2-3-5-9(8)10(12)11(13)14;/h2-5,10H,6-7,12H2,1H3;1H. The average Bonchev–Trinajstić information content (AvgIpc) is 2.32. The van der Waals surface area contributed by atoms with Crippen molar-refractivity contribution in [1.29, 1.82) is 0 Å². The van der Waals surface area contributed by atoms with Gasteiger partial charge in [-0.05, 0) is 17.5 Å². The van der Waals surface area contributed by atoms with Crippen molar-refractivity contribution < 1.29 is 4.79 Å². The molecule has 1 aromatic rings. The topological polar surface area (TPSA) is 46.3 Å². The minimum atomic E-state index is -0.487. The lowest BCUT2D eigenvalue weighted by Gasteiger charge is -2.16. The van der Waals surface area contributed by atoms with E-state index in [9.17, 15) is 4.79 Å². The molecule has 1 aromatic carbocycles. The van der Waals surface area contributed by atoms with Crippen LogP contribution in [0, 0.1) is 0 Å².